The van der Waals surface area contributed by atoms with E-state index < -0.39 is 5.97 Å². The second-order valence-corrected chi connectivity index (χ2v) is 5.68. The molecule has 0 N–H and O–H groups in total. The summed E-state index contributed by atoms with van der Waals surface area (Å²) >= 11 is 0. The maximum Gasteiger partial charge on any atom is 0.337 e. The number of carbonyl (C=O) groups excluding carboxylic acids is 1. The summed E-state index contributed by atoms with van der Waals surface area (Å²) in [6.07, 6.45) is 1.50. The molecule has 0 aliphatic rings. The zero-order valence-corrected chi connectivity index (χ0v) is 14.5. The summed E-state index contributed by atoms with van der Waals surface area (Å²) in [4.78, 5) is 11.8. The topological polar surface area (TPSA) is 88.0 Å². The molecule has 1 heterocycles. The SMILES string of the molecule is COC(=O)c1ccc2c3cc(C=C(C#N)C#N)c(OC)cc3n(C)c2c1. The van der Waals surface area contributed by atoms with Crippen LogP contribution >= 0.6 is 0 Å². The monoisotopic (exact) mass is 345 g/mol. The van der Waals surface area contributed by atoms with Gasteiger partial charge in [0.1, 0.15) is 23.5 Å². The van der Waals surface area contributed by atoms with Crippen LogP contribution in [0.15, 0.2) is 35.9 Å². The third kappa shape index (κ3) is 2.64. The largest absolute Gasteiger partial charge is 0.496 e. The molecular formula is C20H15N3O3. The zero-order valence-electron chi connectivity index (χ0n) is 14.5. The van der Waals surface area contributed by atoms with Crippen LogP contribution in [0.5, 0.6) is 5.75 Å². The molecule has 2 aromatic carbocycles. The maximum atomic E-state index is 11.8. The first-order chi connectivity index (χ1) is 12.5. The number of nitriles is 2. The molecule has 0 unspecified atom stereocenters. The molecule has 6 heteroatoms. The minimum absolute atomic E-state index is 0.00383. The molecular weight excluding hydrogens is 330 g/mol. The van der Waals surface area contributed by atoms with E-state index in [1.54, 1.807) is 12.1 Å². The van der Waals surface area contributed by atoms with Gasteiger partial charge in [0.05, 0.1) is 25.3 Å². The summed E-state index contributed by atoms with van der Waals surface area (Å²) in [5.41, 5.74) is 2.88. The molecule has 6 nitrogen and oxygen atoms in total. The van der Waals surface area contributed by atoms with Gasteiger partial charge < -0.3 is 14.0 Å². The number of ether oxygens (including phenoxy) is 2. The van der Waals surface area contributed by atoms with Crippen molar-refractivity contribution in [3.05, 3.63) is 47.0 Å². The molecule has 0 radical (unpaired) electrons. The number of hydrogen-bond acceptors (Lipinski definition) is 5. The Morgan fingerprint density at radius 1 is 1.08 bits per heavy atom. The van der Waals surface area contributed by atoms with E-state index in [2.05, 4.69) is 0 Å². The Morgan fingerprint density at radius 2 is 1.77 bits per heavy atom. The molecule has 26 heavy (non-hydrogen) atoms. The van der Waals surface area contributed by atoms with Gasteiger partial charge in [-0.2, -0.15) is 10.5 Å². The predicted octanol–water partition coefficient (Wildman–Crippen LogP) is 3.56. The van der Waals surface area contributed by atoms with Crippen molar-refractivity contribution in [3.8, 4) is 17.9 Å². The lowest BCUT2D eigenvalue weighted by Crippen LogP contribution is -2.01. The fourth-order valence-corrected chi connectivity index (χ4v) is 3.03. The van der Waals surface area contributed by atoms with Crippen molar-refractivity contribution >= 4 is 33.9 Å². The van der Waals surface area contributed by atoms with Crippen LogP contribution in [0.25, 0.3) is 27.9 Å². The smallest absolute Gasteiger partial charge is 0.337 e. The van der Waals surface area contributed by atoms with Crippen molar-refractivity contribution in [2.24, 2.45) is 7.05 Å². The van der Waals surface area contributed by atoms with Gasteiger partial charge in [-0.15, -0.1) is 0 Å². The summed E-state index contributed by atoms with van der Waals surface area (Å²) < 4.78 is 12.2. The van der Waals surface area contributed by atoms with Gasteiger partial charge in [0.15, 0.2) is 0 Å². The van der Waals surface area contributed by atoms with E-state index >= 15 is 0 Å². The number of allylic oxidation sites excluding steroid dienone is 1. The van der Waals surface area contributed by atoms with Crippen molar-refractivity contribution in [2.75, 3.05) is 14.2 Å². The molecule has 0 saturated heterocycles. The van der Waals surface area contributed by atoms with Gasteiger partial charge in [-0.05, 0) is 24.3 Å². The molecule has 0 fully saturated rings. The molecule has 0 aliphatic heterocycles. The van der Waals surface area contributed by atoms with Gasteiger partial charge >= 0.3 is 5.97 Å². The molecule has 0 amide bonds. The van der Waals surface area contributed by atoms with Gasteiger partial charge in [0.25, 0.3) is 0 Å². The molecule has 3 rings (SSSR count). The normalized spacial score (nSPS) is 10.2. The summed E-state index contributed by atoms with van der Waals surface area (Å²) in [6, 6.07) is 12.8. The van der Waals surface area contributed by atoms with Crippen LogP contribution in [0, 0.1) is 22.7 Å². The Balaban J connectivity index is 2.34. The fraction of sp³-hybridized carbons (Fsp3) is 0.150. The number of nitrogens with zero attached hydrogens (tertiary/aromatic N) is 3. The first-order valence-corrected chi connectivity index (χ1v) is 7.74. The highest BCUT2D eigenvalue weighted by Gasteiger charge is 2.15. The van der Waals surface area contributed by atoms with Crippen molar-refractivity contribution < 1.29 is 14.3 Å². The number of esters is 1. The van der Waals surface area contributed by atoms with Gasteiger partial charge in [0.2, 0.25) is 0 Å². The quantitative estimate of drug-likeness (QED) is 0.535. The van der Waals surface area contributed by atoms with Crippen LogP contribution in [-0.2, 0) is 11.8 Å². The molecule has 3 aromatic rings. The molecule has 0 bridgehead atoms. The van der Waals surface area contributed by atoms with E-state index in [0.29, 0.717) is 16.9 Å². The van der Waals surface area contributed by atoms with Gasteiger partial charge in [-0.3, -0.25) is 0 Å². The predicted molar refractivity (Wildman–Crippen MR) is 97.5 cm³/mol. The van der Waals surface area contributed by atoms with Gasteiger partial charge in [-0.25, -0.2) is 4.79 Å². The van der Waals surface area contributed by atoms with Crippen LogP contribution in [0.1, 0.15) is 15.9 Å². The van der Waals surface area contributed by atoms with Gasteiger partial charge in [-0.1, -0.05) is 6.07 Å². The first-order valence-electron chi connectivity index (χ1n) is 7.74. The highest BCUT2D eigenvalue weighted by molar-refractivity contribution is 6.10. The zero-order chi connectivity index (χ0) is 18.8. The number of methoxy groups -OCH3 is 2. The number of benzene rings is 2. The number of aryl methyl sites for hydroxylation is 1. The van der Waals surface area contributed by atoms with Crippen LogP contribution in [0.3, 0.4) is 0 Å². The third-order valence-corrected chi connectivity index (χ3v) is 4.32. The highest BCUT2D eigenvalue weighted by Crippen LogP contribution is 2.34. The standard InChI is InChI=1S/C20H15N3O3/c1-23-17-8-13(20(24)26-3)4-5-15(17)16-7-14(6-12(10-21)11-22)19(25-2)9-18(16)23/h4-9H,1-3H3. The Hall–Kier alpha value is -3.77. The Bertz CT molecular complexity index is 1140. The Kier molecular flexibility index (Phi) is 4.34. The van der Waals surface area contributed by atoms with Crippen molar-refractivity contribution in [3.63, 3.8) is 0 Å². The lowest BCUT2D eigenvalue weighted by Gasteiger charge is -2.06. The second kappa shape index (κ2) is 6.62. The average Bonchev–Trinajstić information content (AvgIpc) is 2.95. The molecule has 0 saturated carbocycles. The van der Waals surface area contributed by atoms with E-state index in [1.165, 1.54) is 20.3 Å². The van der Waals surface area contributed by atoms with Crippen LogP contribution in [0.4, 0.5) is 0 Å². The molecule has 0 atom stereocenters. The minimum atomic E-state index is -0.397. The number of hydrogen-bond donors (Lipinski definition) is 0. The Labute approximate surface area is 150 Å². The van der Waals surface area contributed by atoms with E-state index in [4.69, 9.17) is 20.0 Å². The summed E-state index contributed by atoms with van der Waals surface area (Å²) in [5.74, 6) is 0.158. The minimum Gasteiger partial charge on any atom is -0.496 e. The number of aromatic nitrogens is 1. The third-order valence-electron chi connectivity index (χ3n) is 4.32. The van der Waals surface area contributed by atoms with Crippen molar-refractivity contribution in [2.45, 2.75) is 0 Å². The summed E-state index contributed by atoms with van der Waals surface area (Å²) in [6.45, 7) is 0. The maximum absolute atomic E-state index is 11.8. The lowest BCUT2D eigenvalue weighted by atomic mass is 10.1. The van der Waals surface area contributed by atoms with Crippen LogP contribution in [-0.4, -0.2) is 24.8 Å². The molecule has 0 aliphatic carbocycles. The van der Waals surface area contributed by atoms with E-state index in [9.17, 15) is 4.79 Å². The summed E-state index contributed by atoms with van der Waals surface area (Å²) in [5, 5.41) is 19.9. The molecule has 128 valence electrons. The number of fused-ring (bicyclic) bond motifs is 3. The Morgan fingerprint density at radius 3 is 2.38 bits per heavy atom. The summed E-state index contributed by atoms with van der Waals surface area (Å²) in [7, 11) is 4.78. The highest BCUT2D eigenvalue weighted by atomic mass is 16.5. The van der Waals surface area contributed by atoms with E-state index in [0.717, 1.165) is 21.8 Å². The molecule has 0 spiro atoms. The number of carbonyl (C=O) groups is 1. The number of rotatable bonds is 3. The van der Waals surface area contributed by atoms with Crippen molar-refractivity contribution in [1.29, 1.82) is 10.5 Å². The first kappa shape index (κ1) is 17.1. The second-order valence-electron chi connectivity index (χ2n) is 5.68. The van der Waals surface area contributed by atoms with Crippen LogP contribution < -0.4 is 4.74 Å². The average molecular weight is 345 g/mol. The van der Waals surface area contributed by atoms with Gasteiger partial charge in [0, 0.05) is 35.0 Å². The van der Waals surface area contributed by atoms with Crippen LogP contribution in [0.2, 0.25) is 0 Å². The molecule has 1 aromatic heterocycles. The van der Waals surface area contributed by atoms with E-state index in [1.807, 2.05) is 42.0 Å². The fourth-order valence-electron chi connectivity index (χ4n) is 3.03. The lowest BCUT2D eigenvalue weighted by molar-refractivity contribution is 0.0601. The van der Waals surface area contributed by atoms with Crippen molar-refractivity contribution in [1.82, 2.24) is 4.57 Å². The van der Waals surface area contributed by atoms with E-state index in [-0.39, 0.29) is 5.57 Å².